The molecule has 84 valence electrons. The first-order valence-electron chi connectivity index (χ1n) is 4.75. The Bertz CT molecular complexity index is 429. The summed E-state index contributed by atoms with van der Waals surface area (Å²) in [5.74, 6) is -1.64. The Balaban J connectivity index is 2.18. The molecule has 1 saturated heterocycles. The summed E-state index contributed by atoms with van der Waals surface area (Å²) >= 11 is 0. The molecule has 1 aliphatic rings. The number of rotatable bonds is 3. The van der Waals surface area contributed by atoms with E-state index < -0.39 is 11.9 Å². The number of hydrogen-bond acceptors (Lipinski definition) is 4. The van der Waals surface area contributed by atoms with Gasteiger partial charge in [0.05, 0.1) is 24.8 Å². The van der Waals surface area contributed by atoms with Crippen LogP contribution in [-0.4, -0.2) is 41.2 Å². The molecular weight excluding hydrogens is 212 g/mol. The highest BCUT2D eigenvalue weighted by atomic mass is 16.5. The van der Waals surface area contributed by atoms with Gasteiger partial charge in [-0.15, -0.1) is 0 Å². The van der Waals surface area contributed by atoms with Gasteiger partial charge in [0.15, 0.2) is 0 Å². The van der Waals surface area contributed by atoms with Gasteiger partial charge >= 0.3 is 5.97 Å². The van der Waals surface area contributed by atoms with Crippen LogP contribution in [0.1, 0.15) is 20.8 Å². The van der Waals surface area contributed by atoms with Crippen molar-refractivity contribution in [3.8, 4) is 0 Å². The van der Waals surface area contributed by atoms with Gasteiger partial charge < -0.3 is 15.2 Å². The van der Waals surface area contributed by atoms with E-state index in [1.165, 1.54) is 18.3 Å². The van der Waals surface area contributed by atoms with Gasteiger partial charge in [-0.2, -0.15) is 0 Å². The lowest BCUT2D eigenvalue weighted by Crippen LogP contribution is -2.49. The summed E-state index contributed by atoms with van der Waals surface area (Å²) in [4.78, 5) is 26.3. The Morgan fingerprint density at radius 3 is 2.81 bits per heavy atom. The highest BCUT2D eigenvalue weighted by molar-refractivity contribution is 6.03. The van der Waals surface area contributed by atoms with Crippen molar-refractivity contribution >= 4 is 11.9 Å². The van der Waals surface area contributed by atoms with Gasteiger partial charge in [0.2, 0.25) is 0 Å². The van der Waals surface area contributed by atoms with Crippen LogP contribution in [0.5, 0.6) is 0 Å². The lowest BCUT2D eigenvalue weighted by molar-refractivity contribution is -0.00358. The molecule has 1 aromatic rings. The van der Waals surface area contributed by atoms with Crippen molar-refractivity contribution in [2.24, 2.45) is 0 Å². The summed E-state index contributed by atoms with van der Waals surface area (Å²) in [6, 6.07) is 2.78. The maximum Gasteiger partial charge on any atom is 0.338 e. The van der Waals surface area contributed by atoms with Crippen molar-refractivity contribution in [3.05, 3.63) is 29.6 Å². The van der Waals surface area contributed by atoms with E-state index in [0.29, 0.717) is 13.2 Å². The third kappa shape index (κ3) is 2.01. The largest absolute Gasteiger partial charge is 0.478 e. The second kappa shape index (κ2) is 4.28. The van der Waals surface area contributed by atoms with E-state index in [0.717, 1.165) is 0 Å². The monoisotopic (exact) mass is 222 g/mol. The van der Waals surface area contributed by atoms with Crippen LogP contribution in [0.25, 0.3) is 0 Å². The first-order chi connectivity index (χ1) is 7.68. The number of carboxylic acids is 1. The molecule has 2 N–H and O–H groups in total. The fraction of sp³-hybridized carbons (Fsp3) is 0.300. The van der Waals surface area contributed by atoms with Gasteiger partial charge in [-0.3, -0.25) is 9.78 Å². The van der Waals surface area contributed by atoms with Gasteiger partial charge in [-0.1, -0.05) is 0 Å². The molecule has 6 nitrogen and oxygen atoms in total. The number of ether oxygens (including phenoxy) is 1. The number of aromatic nitrogens is 1. The zero-order valence-electron chi connectivity index (χ0n) is 8.34. The number of amides is 1. The Morgan fingerprint density at radius 2 is 2.25 bits per heavy atom. The highest BCUT2D eigenvalue weighted by Crippen LogP contribution is 2.07. The Kier molecular flexibility index (Phi) is 2.82. The molecule has 0 spiro atoms. The van der Waals surface area contributed by atoms with Gasteiger partial charge in [0.1, 0.15) is 5.69 Å². The van der Waals surface area contributed by atoms with Crippen LogP contribution in [0.15, 0.2) is 18.3 Å². The molecule has 2 heterocycles. The molecule has 1 amide bonds. The first kappa shape index (κ1) is 10.6. The zero-order valence-corrected chi connectivity index (χ0v) is 8.34. The van der Waals surface area contributed by atoms with Crippen molar-refractivity contribution in [1.82, 2.24) is 10.3 Å². The molecule has 0 saturated carbocycles. The maximum atomic E-state index is 11.7. The summed E-state index contributed by atoms with van der Waals surface area (Å²) in [5.41, 5.74) is -0.165. The standard InChI is InChI=1S/C10H10N2O4/c13-9(12-6-4-16-5-6)8-7(10(14)15)2-1-3-11-8/h1-3,6H,4-5H2,(H,12,13)(H,14,15). The second-order valence-electron chi connectivity index (χ2n) is 3.41. The number of carbonyl (C=O) groups excluding carboxylic acids is 1. The number of carbonyl (C=O) groups is 2. The molecule has 0 atom stereocenters. The smallest absolute Gasteiger partial charge is 0.338 e. The van der Waals surface area contributed by atoms with E-state index in [2.05, 4.69) is 10.3 Å². The van der Waals surface area contributed by atoms with Crippen LogP contribution < -0.4 is 5.32 Å². The molecule has 6 heteroatoms. The van der Waals surface area contributed by atoms with Crippen molar-refractivity contribution in [3.63, 3.8) is 0 Å². The number of nitrogens with zero attached hydrogens (tertiary/aromatic N) is 1. The molecule has 1 aromatic heterocycles. The number of hydrogen-bond donors (Lipinski definition) is 2. The van der Waals surface area contributed by atoms with Crippen LogP contribution in [0.3, 0.4) is 0 Å². The van der Waals surface area contributed by atoms with E-state index >= 15 is 0 Å². The minimum Gasteiger partial charge on any atom is -0.478 e. The molecule has 0 aliphatic carbocycles. The molecular formula is C10H10N2O4. The molecule has 2 rings (SSSR count). The van der Waals surface area contributed by atoms with Crippen molar-refractivity contribution < 1.29 is 19.4 Å². The molecule has 0 aromatic carbocycles. The fourth-order valence-corrected chi connectivity index (χ4v) is 1.33. The molecule has 16 heavy (non-hydrogen) atoms. The lowest BCUT2D eigenvalue weighted by atomic mass is 10.1. The quantitative estimate of drug-likeness (QED) is 0.746. The molecule has 0 unspecified atom stereocenters. The summed E-state index contributed by atoms with van der Waals surface area (Å²) in [7, 11) is 0. The molecule has 0 radical (unpaired) electrons. The van der Waals surface area contributed by atoms with E-state index in [1.807, 2.05) is 0 Å². The van der Waals surface area contributed by atoms with Gasteiger partial charge in [-0.25, -0.2) is 4.79 Å². The Morgan fingerprint density at radius 1 is 1.50 bits per heavy atom. The third-order valence-corrected chi connectivity index (χ3v) is 2.23. The predicted molar refractivity (Wildman–Crippen MR) is 53.3 cm³/mol. The van der Waals surface area contributed by atoms with Crippen LogP contribution in [0.4, 0.5) is 0 Å². The van der Waals surface area contributed by atoms with Crippen molar-refractivity contribution in [2.45, 2.75) is 6.04 Å². The number of aromatic carboxylic acids is 1. The minimum absolute atomic E-state index is 0.0452. The van der Waals surface area contributed by atoms with Crippen LogP contribution in [0.2, 0.25) is 0 Å². The second-order valence-corrected chi connectivity index (χ2v) is 3.41. The van der Waals surface area contributed by atoms with Gasteiger partial charge in [0, 0.05) is 6.20 Å². The topological polar surface area (TPSA) is 88.5 Å². The summed E-state index contributed by atoms with van der Waals surface area (Å²) in [6.07, 6.45) is 1.39. The molecule has 0 bridgehead atoms. The first-order valence-corrected chi connectivity index (χ1v) is 4.75. The van der Waals surface area contributed by atoms with E-state index in [4.69, 9.17) is 9.84 Å². The predicted octanol–water partition coefficient (Wildman–Crippen LogP) is -0.0916. The van der Waals surface area contributed by atoms with E-state index in [1.54, 1.807) is 0 Å². The zero-order chi connectivity index (χ0) is 11.5. The number of carboxylic acid groups (broad SMARTS) is 1. The lowest BCUT2D eigenvalue weighted by Gasteiger charge is -2.26. The van der Waals surface area contributed by atoms with Crippen molar-refractivity contribution in [2.75, 3.05) is 13.2 Å². The average Bonchev–Trinajstić information content (AvgIpc) is 2.23. The fourth-order valence-electron chi connectivity index (χ4n) is 1.33. The average molecular weight is 222 g/mol. The maximum absolute atomic E-state index is 11.7. The number of pyridine rings is 1. The third-order valence-electron chi connectivity index (χ3n) is 2.23. The number of nitrogens with one attached hydrogen (secondary N) is 1. The highest BCUT2D eigenvalue weighted by Gasteiger charge is 2.24. The SMILES string of the molecule is O=C(O)c1cccnc1C(=O)NC1COC1. The van der Waals surface area contributed by atoms with Gasteiger partial charge in [0.25, 0.3) is 5.91 Å². The summed E-state index contributed by atoms with van der Waals surface area (Å²) in [5, 5.41) is 11.5. The Labute approximate surface area is 91.3 Å². The van der Waals surface area contributed by atoms with E-state index in [9.17, 15) is 9.59 Å². The van der Waals surface area contributed by atoms with Gasteiger partial charge in [-0.05, 0) is 12.1 Å². The Hall–Kier alpha value is -1.95. The van der Waals surface area contributed by atoms with Crippen LogP contribution in [0, 0.1) is 0 Å². The molecule has 1 fully saturated rings. The van der Waals surface area contributed by atoms with Crippen LogP contribution in [-0.2, 0) is 4.74 Å². The van der Waals surface area contributed by atoms with Crippen LogP contribution >= 0.6 is 0 Å². The summed E-state index contributed by atoms with van der Waals surface area (Å²) in [6.45, 7) is 0.919. The molecule has 1 aliphatic heterocycles. The summed E-state index contributed by atoms with van der Waals surface area (Å²) < 4.78 is 4.90. The van der Waals surface area contributed by atoms with Crippen molar-refractivity contribution in [1.29, 1.82) is 0 Å². The van der Waals surface area contributed by atoms with E-state index in [-0.39, 0.29) is 17.3 Å². The normalized spacial score (nSPS) is 15.2. The minimum atomic E-state index is -1.16.